The van der Waals surface area contributed by atoms with Crippen LogP contribution in [0.4, 0.5) is 5.82 Å². The van der Waals surface area contributed by atoms with Crippen molar-refractivity contribution < 1.29 is 9.53 Å². The van der Waals surface area contributed by atoms with Crippen LogP contribution < -0.4 is 5.32 Å². The summed E-state index contributed by atoms with van der Waals surface area (Å²) in [5.41, 5.74) is 4.30. The Hall–Kier alpha value is -4.17. The van der Waals surface area contributed by atoms with Crippen molar-refractivity contribution >= 4 is 34.0 Å². The third kappa shape index (κ3) is 4.49. The van der Waals surface area contributed by atoms with Crippen LogP contribution >= 0.6 is 11.3 Å². The van der Waals surface area contributed by atoms with Crippen molar-refractivity contribution in [2.75, 3.05) is 11.9 Å². The van der Waals surface area contributed by atoms with Crippen molar-refractivity contribution in [3.05, 3.63) is 89.0 Å². The topological polar surface area (TPSA) is 89.9 Å². The molecule has 0 radical (unpaired) electrons. The van der Waals surface area contributed by atoms with Gasteiger partial charge in [0.15, 0.2) is 5.82 Å². The molecule has 5 aromatic rings. The number of hydrogen-bond donors (Lipinski definition) is 1. The number of fused-ring (bicyclic) bond motifs is 1. The zero-order chi connectivity index (χ0) is 23.3. The summed E-state index contributed by atoms with van der Waals surface area (Å²) in [6.07, 6.45) is 1.77. The largest absolute Gasteiger partial charge is 0.461 e. The molecule has 0 amide bonds. The van der Waals surface area contributed by atoms with E-state index in [-0.39, 0.29) is 5.01 Å². The number of ether oxygens (including phenoxy) is 1. The Morgan fingerprint density at radius 3 is 2.62 bits per heavy atom. The SMILES string of the molecule is CCOC(=O)c1nc(-c2nc(NCc3ccccn3)c3c(-c4ccccc4)cccc3n2)cs1. The van der Waals surface area contributed by atoms with Crippen LogP contribution in [0.15, 0.2) is 78.3 Å². The number of nitrogens with one attached hydrogen (secondary N) is 1. The summed E-state index contributed by atoms with van der Waals surface area (Å²) in [7, 11) is 0. The molecule has 8 heteroatoms. The Balaban J connectivity index is 1.62. The molecule has 5 rings (SSSR count). The molecule has 0 bridgehead atoms. The summed E-state index contributed by atoms with van der Waals surface area (Å²) in [6, 6.07) is 21.9. The highest BCUT2D eigenvalue weighted by Crippen LogP contribution is 2.34. The number of carbonyl (C=O) groups is 1. The van der Waals surface area contributed by atoms with Gasteiger partial charge in [0.2, 0.25) is 5.01 Å². The van der Waals surface area contributed by atoms with Gasteiger partial charge in [-0.1, -0.05) is 48.5 Å². The first kappa shape index (κ1) is 21.7. The summed E-state index contributed by atoms with van der Waals surface area (Å²) in [4.78, 5) is 30.6. The quantitative estimate of drug-likeness (QED) is 0.311. The van der Waals surface area contributed by atoms with Crippen molar-refractivity contribution in [1.82, 2.24) is 19.9 Å². The van der Waals surface area contributed by atoms with Gasteiger partial charge < -0.3 is 10.1 Å². The second kappa shape index (κ2) is 9.76. The van der Waals surface area contributed by atoms with Gasteiger partial charge in [0, 0.05) is 11.6 Å². The van der Waals surface area contributed by atoms with E-state index >= 15 is 0 Å². The molecule has 0 spiro atoms. The fourth-order valence-corrected chi connectivity index (χ4v) is 4.31. The highest BCUT2D eigenvalue weighted by Gasteiger charge is 2.18. The first-order valence-electron chi connectivity index (χ1n) is 10.9. The average molecular weight is 468 g/mol. The van der Waals surface area contributed by atoms with Gasteiger partial charge in [-0.3, -0.25) is 4.98 Å². The number of thiazole rings is 1. The minimum absolute atomic E-state index is 0.279. The molecule has 0 aliphatic rings. The molecule has 0 aliphatic heterocycles. The van der Waals surface area contributed by atoms with E-state index in [1.807, 2.05) is 48.5 Å². The maximum absolute atomic E-state index is 12.1. The number of pyridine rings is 1. The highest BCUT2D eigenvalue weighted by molar-refractivity contribution is 7.11. The zero-order valence-corrected chi connectivity index (χ0v) is 19.2. The lowest BCUT2D eigenvalue weighted by atomic mass is 10.0. The number of rotatable bonds is 7. The summed E-state index contributed by atoms with van der Waals surface area (Å²) in [6.45, 7) is 2.56. The molecule has 3 aromatic heterocycles. The number of aromatic nitrogens is 4. The molecule has 0 atom stereocenters. The Morgan fingerprint density at radius 1 is 0.971 bits per heavy atom. The Morgan fingerprint density at radius 2 is 1.82 bits per heavy atom. The van der Waals surface area contributed by atoms with Crippen LogP contribution in [0, 0.1) is 0 Å². The van der Waals surface area contributed by atoms with Gasteiger partial charge in [0.25, 0.3) is 0 Å². The van der Waals surface area contributed by atoms with Crippen molar-refractivity contribution in [2.45, 2.75) is 13.5 Å². The van der Waals surface area contributed by atoms with Crippen molar-refractivity contribution in [2.24, 2.45) is 0 Å². The van der Waals surface area contributed by atoms with E-state index in [1.54, 1.807) is 18.5 Å². The zero-order valence-electron chi connectivity index (χ0n) is 18.4. The van der Waals surface area contributed by atoms with Gasteiger partial charge in [-0.2, -0.15) is 0 Å². The first-order valence-corrected chi connectivity index (χ1v) is 11.7. The van der Waals surface area contributed by atoms with Crippen molar-refractivity contribution in [1.29, 1.82) is 0 Å². The van der Waals surface area contributed by atoms with Gasteiger partial charge in [0.05, 0.1) is 29.7 Å². The first-order chi connectivity index (χ1) is 16.7. The minimum Gasteiger partial charge on any atom is -0.461 e. The predicted octanol–water partition coefficient (Wildman–Crippen LogP) is 5.60. The van der Waals surface area contributed by atoms with E-state index in [0.29, 0.717) is 30.5 Å². The molecule has 7 nitrogen and oxygen atoms in total. The van der Waals surface area contributed by atoms with E-state index in [2.05, 4.69) is 33.5 Å². The molecule has 0 saturated heterocycles. The maximum atomic E-state index is 12.1. The fourth-order valence-electron chi connectivity index (χ4n) is 3.62. The molecule has 3 heterocycles. The molecule has 0 unspecified atom stereocenters. The summed E-state index contributed by atoms with van der Waals surface area (Å²) < 4.78 is 5.07. The molecule has 2 aromatic carbocycles. The lowest BCUT2D eigenvalue weighted by Gasteiger charge is -2.14. The van der Waals surface area contributed by atoms with Crippen molar-refractivity contribution in [3.63, 3.8) is 0 Å². The number of nitrogens with zero attached hydrogens (tertiary/aromatic N) is 4. The number of carbonyl (C=O) groups excluding carboxylic acids is 1. The smallest absolute Gasteiger partial charge is 0.367 e. The summed E-state index contributed by atoms with van der Waals surface area (Å²) >= 11 is 1.22. The van der Waals surface area contributed by atoms with Gasteiger partial charge in [-0.25, -0.2) is 19.7 Å². The van der Waals surface area contributed by atoms with Gasteiger partial charge in [-0.15, -0.1) is 11.3 Å². The maximum Gasteiger partial charge on any atom is 0.367 e. The van der Waals surface area contributed by atoms with Crippen LogP contribution in [-0.2, 0) is 11.3 Å². The molecule has 0 saturated carbocycles. The third-order valence-corrected chi connectivity index (χ3v) is 5.98. The van der Waals surface area contributed by atoms with E-state index in [1.165, 1.54) is 11.3 Å². The van der Waals surface area contributed by atoms with Crippen LogP contribution in [-0.4, -0.2) is 32.5 Å². The molecule has 0 fully saturated rings. The number of anilines is 1. The van der Waals surface area contributed by atoms with E-state index < -0.39 is 5.97 Å². The third-order valence-electron chi connectivity index (χ3n) is 5.15. The van der Waals surface area contributed by atoms with Crippen LogP contribution in [0.25, 0.3) is 33.5 Å². The number of esters is 1. The minimum atomic E-state index is -0.445. The fraction of sp³-hybridized carbons (Fsp3) is 0.115. The lowest BCUT2D eigenvalue weighted by molar-refractivity contribution is 0.0526. The van der Waals surface area contributed by atoms with E-state index in [0.717, 1.165) is 27.7 Å². The second-order valence-corrected chi connectivity index (χ2v) is 8.25. The number of hydrogen-bond acceptors (Lipinski definition) is 8. The second-order valence-electron chi connectivity index (χ2n) is 7.39. The van der Waals surface area contributed by atoms with Crippen LogP contribution in [0.1, 0.15) is 22.4 Å². The highest BCUT2D eigenvalue weighted by atomic mass is 32.1. The Kier molecular flexibility index (Phi) is 6.22. The summed E-state index contributed by atoms with van der Waals surface area (Å²) in [5, 5.41) is 6.41. The standard InChI is InChI=1S/C26H21N5O2S/c1-2-33-26(32)25-30-21(16-34-25)23-29-20-13-8-12-19(17-9-4-3-5-10-17)22(20)24(31-23)28-15-18-11-6-7-14-27-18/h3-14,16H,2,15H2,1H3,(H,28,29,31). The Labute approximate surface area is 200 Å². The number of benzene rings is 2. The van der Waals surface area contributed by atoms with Crippen LogP contribution in [0.3, 0.4) is 0 Å². The van der Waals surface area contributed by atoms with Crippen LogP contribution in [0.5, 0.6) is 0 Å². The Bertz CT molecular complexity index is 1440. The van der Waals surface area contributed by atoms with E-state index in [9.17, 15) is 4.79 Å². The van der Waals surface area contributed by atoms with Gasteiger partial charge in [0.1, 0.15) is 11.5 Å². The molecular weight excluding hydrogens is 446 g/mol. The lowest BCUT2D eigenvalue weighted by Crippen LogP contribution is -2.06. The molecule has 1 N–H and O–H groups in total. The van der Waals surface area contributed by atoms with E-state index in [4.69, 9.17) is 14.7 Å². The molecular formula is C26H21N5O2S. The predicted molar refractivity (Wildman–Crippen MR) is 134 cm³/mol. The monoisotopic (exact) mass is 467 g/mol. The van der Waals surface area contributed by atoms with Crippen LogP contribution in [0.2, 0.25) is 0 Å². The molecule has 168 valence electrons. The van der Waals surface area contributed by atoms with Gasteiger partial charge in [-0.05, 0) is 36.2 Å². The van der Waals surface area contributed by atoms with Gasteiger partial charge >= 0.3 is 5.97 Å². The molecule has 0 aliphatic carbocycles. The normalized spacial score (nSPS) is 10.9. The average Bonchev–Trinajstić information content (AvgIpc) is 3.39. The summed E-state index contributed by atoms with van der Waals surface area (Å²) in [5.74, 6) is 0.670. The van der Waals surface area contributed by atoms with Crippen molar-refractivity contribution in [3.8, 4) is 22.6 Å². The molecule has 34 heavy (non-hydrogen) atoms.